The molecule has 0 N–H and O–H groups in total. The molecular weight excluding hydrogens is 332 g/mol. The van der Waals surface area contributed by atoms with Gasteiger partial charge in [0.2, 0.25) is 5.91 Å². The van der Waals surface area contributed by atoms with Crippen molar-refractivity contribution < 1.29 is 19.1 Å². The molecule has 0 unspecified atom stereocenters. The van der Waals surface area contributed by atoms with Crippen LogP contribution in [0.25, 0.3) is 0 Å². The number of hydrogen-bond donors (Lipinski definition) is 0. The second-order valence-corrected chi connectivity index (χ2v) is 6.55. The highest BCUT2D eigenvalue weighted by Gasteiger charge is 2.29. The molecule has 0 aromatic heterocycles. The summed E-state index contributed by atoms with van der Waals surface area (Å²) in [5.41, 5.74) is 2.62. The third-order valence-corrected chi connectivity index (χ3v) is 4.67. The minimum atomic E-state index is -0.0963. The molecule has 4 rings (SSSR count). The summed E-state index contributed by atoms with van der Waals surface area (Å²) in [6.45, 7) is 2.09. The van der Waals surface area contributed by atoms with Crippen LogP contribution in [0.3, 0.4) is 0 Å². The van der Waals surface area contributed by atoms with E-state index < -0.39 is 0 Å². The number of carbonyl (C=O) groups excluding carboxylic acids is 2. The van der Waals surface area contributed by atoms with Crippen molar-refractivity contribution >= 4 is 11.8 Å². The molecule has 0 saturated heterocycles. The van der Waals surface area contributed by atoms with Gasteiger partial charge in [-0.25, -0.2) is 0 Å². The molecule has 2 aromatic rings. The van der Waals surface area contributed by atoms with Gasteiger partial charge < -0.3 is 19.3 Å². The smallest absolute Gasteiger partial charge is 0.254 e. The van der Waals surface area contributed by atoms with Crippen molar-refractivity contribution in [1.82, 2.24) is 9.80 Å². The second-order valence-electron chi connectivity index (χ2n) is 6.55. The van der Waals surface area contributed by atoms with E-state index in [1.54, 1.807) is 22.9 Å². The molecule has 2 amide bonds. The monoisotopic (exact) mass is 352 g/mol. The van der Waals surface area contributed by atoms with Crippen LogP contribution in [-0.2, 0) is 17.9 Å². The molecule has 0 aliphatic carbocycles. The molecule has 2 aliphatic heterocycles. The minimum absolute atomic E-state index is 0.0779. The normalized spacial score (nSPS) is 15.0. The summed E-state index contributed by atoms with van der Waals surface area (Å²) in [6.07, 6.45) is 0. The fraction of sp³-hybridized carbons (Fsp3) is 0.300. The lowest BCUT2D eigenvalue weighted by Gasteiger charge is -2.23. The van der Waals surface area contributed by atoms with Gasteiger partial charge in [-0.2, -0.15) is 0 Å². The van der Waals surface area contributed by atoms with E-state index in [9.17, 15) is 9.59 Å². The zero-order valence-corrected chi connectivity index (χ0v) is 14.6. The number of benzene rings is 2. The Morgan fingerprint density at radius 2 is 1.88 bits per heavy atom. The number of amides is 2. The predicted molar refractivity (Wildman–Crippen MR) is 95.1 cm³/mol. The quantitative estimate of drug-likeness (QED) is 0.845. The van der Waals surface area contributed by atoms with Gasteiger partial charge in [0.15, 0.2) is 11.5 Å². The van der Waals surface area contributed by atoms with Gasteiger partial charge in [0, 0.05) is 25.7 Å². The SMILES string of the molecule is CN(Cc1ccc2c(c1)OCCO2)C(=O)CN1Cc2ccccc2C1=O. The van der Waals surface area contributed by atoms with Gasteiger partial charge in [0.25, 0.3) is 5.91 Å². The maximum atomic E-state index is 12.6. The lowest BCUT2D eigenvalue weighted by Crippen LogP contribution is -2.38. The molecule has 0 bridgehead atoms. The lowest BCUT2D eigenvalue weighted by molar-refractivity contribution is -0.131. The van der Waals surface area contributed by atoms with Gasteiger partial charge in [0.1, 0.15) is 19.8 Å². The molecule has 26 heavy (non-hydrogen) atoms. The van der Waals surface area contributed by atoms with E-state index in [2.05, 4.69) is 0 Å². The van der Waals surface area contributed by atoms with E-state index in [4.69, 9.17) is 9.47 Å². The van der Waals surface area contributed by atoms with Gasteiger partial charge >= 0.3 is 0 Å². The first-order chi connectivity index (χ1) is 12.6. The molecule has 0 atom stereocenters. The van der Waals surface area contributed by atoms with Gasteiger partial charge in [-0.15, -0.1) is 0 Å². The van der Waals surface area contributed by atoms with E-state index >= 15 is 0 Å². The molecule has 2 heterocycles. The van der Waals surface area contributed by atoms with Crippen LogP contribution < -0.4 is 9.47 Å². The Labute approximate surface area is 151 Å². The van der Waals surface area contributed by atoms with Crippen molar-refractivity contribution in [3.05, 3.63) is 59.2 Å². The molecule has 6 nitrogen and oxygen atoms in total. The van der Waals surface area contributed by atoms with Crippen molar-refractivity contribution in [3.8, 4) is 11.5 Å². The average Bonchev–Trinajstić information content (AvgIpc) is 2.97. The zero-order valence-electron chi connectivity index (χ0n) is 14.6. The first-order valence-electron chi connectivity index (χ1n) is 8.61. The highest BCUT2D eigenvalue weighted by atomic mass is 16.6. The molecule has 2 aliphatic rings. The largest absolute Gasteiger partial charge is 0.486 e. The minimum Gasteiger partial charge on any atom is -0.486 e. The number of carbonyl (C=O) groups is 2. The number of hydrogen-bond acceptors (Lipinski definition) is 4. The highest BCUT2D eigenvalue weighted by Crippen LogP contribution is 2.31. The fourth-order valence-corrected chi connectivity index (χ4v) is 3.27. The van der Waals surface area contributed by atoms with Crippen molar-refractivity contribution in [2.75, 3.05) is 26.8 Å². The maximum Gasteiger partial charge on any atom is 0.254 e. The molecule has 0 fully saturated rings. The van der Waals surface area contributed by atoms with Gasteiger partial charge in [-0.05, 0) is 29.3 Å². The lowest BCUT2D eigenvalue weighted by atomic mass is 10.1. The van der Waals surface area contributed by atoms with E-state index in [1.807, 2.05) is 36.4 Å². The third kappa shape index (κ3) is 3.10. The Kier molecular flexibility index (Phi) is 4.24. The molecule has 0 radical (unpaired) electrons. The van der Waals surface area contributed by atoms with Crippen molar-refractivity contribution in [3.63, 3.8) is 0 Å². The summed E-state index contributed by atoms with van der Waals surface area (Å²) in [6, 6.07) is 13.2. The van der Waals surface area contributed by atoms with Crippen molar-refractivity contribution in [2.24, 2.45) is 0 Å². The molecule has 134 valence electrons. The van der Waals surface area contributed by atoms with Crippen molar-refractivity contribution in [2.45, 2.75) is 13.1 Å². The Bertz CT molecular complexity index is 865. The topological polar surface area (TPSA) is 59.1 Å². The van der Waals surface area contributed by atoms with Crippen LogP contribution in [0, 0.1) is 0 Å². The number of ether oxygens (including phenoxy) is 2. The Morgan fingerprint density at radius 1 is 1.12 bits per heavy atom. The summed E-state index contributed by atoms with van der Waals surface area (Å²) in [5.74, 6) is 1.26. The van der Waals surface area contributed by atoms with Crippen LogP contribution in [0.15, 0.2) is 42.5 Å². The summed E-state index contributed by atoms with van der Waals surface area (Å²) < 4.78 is 11.1. The summed E-state index contributed by atoms with van der Waals surface area (Å²) in [4.78, 5) is 28.2. The molecule has 2 aromatic carbocycles. The number of nitrogens with zero attached hydrogens (tertiary/aromatic N) is 2. The van der Waals surface area contributed by atoms with E-state index in [0.29, 0.717) is 37.6 Å². The van der Waals surface area contributed by atoms with E-state index in [1.165, 1.54) is 0 Å². The summed E-state index contributed by atoms with van der Waals surface area (Å²) in [7, 11) is 1.74. The van der Waals surface area contributed by atoms with Crippen LogP contribution in [0.4, 0.5) is 0 Å². The first kappa shape index (κ1) is 16.4. The van der Waals surface area contributed by atoms with Crippen LogP contribution in [-0.4, -0.2) is 48.4 Å². The maximum absolute atomic E-state index is 12.6. The number of fused-ring (bicyclic) bond motifs is 2. The Hall–Kier alpha value is -3.02. The average molecular weight is 352 g/mol. The van der Waals surface area contributed by atoms with Crippen LogP contribution in [0.1, 0.15) is 21.5 Å². The number of rotatable bonds is 4. The first-order valence-corrected chi connectivity index (χ1v) is 8.61. The Morgan fingerprint density at radius 3 is 2.69 bits per heavy atom. The molecule has 0 saturated carbocycles. The van der Waals surface area contributed by atoms with E-state index in [-0.39, 0.29) is 18.4 Å². The molecular formula is C20H20N2O4. The van der Waals surface area contributed by atoms with Crippen LogP contribution >= 0.6 is 0 Å². The van der Waals surface area contributed by atoms with Crippen LogP contribution in [0.5, 0.6) is 11.5 Å². The zero-order chi connectivity index (χ0) is 18.1. The second kappa shape index (κ2) is 6.71. The summed E-state index contributed by atoms with van der Waals surface area (Å²) in [5, 5.41) is 0. The summed E-state index contributed by atoms with van der Waals surface area (Å²) >= 11 is 0. The highest BCUT2D eigenvalue weighted by molar-refractivity contribution is 6.00. The van der Waals surface area contributed by atoms with Crippen LogP contribution in [0.2, 0.25) is 0 Å². The standard InChI is InChI=1S/C20H20N2O4/c1-21(11-14-6-7-17-18(10-14)26-9-8-25-17)19(23)13-22-12-15-4-2-3-5-16(15)20(22)24/h2-7,10H,8-9,11-13H2,1H3. The van der Waals surface area contributed by atoms with Gasteiger partial charge in [-0.3, -0.25) is 9.59 Å². The third-order valence-electron chi connectivity index (χ3n) is 4.67. The Balaban J connectivity index is 1.39. The van der Waals surface area contributed by atoms with Gasteiger partial charge in [-0.1, -0.05) is 24.3 Å². The molecule has 0 spiro atoms. The number of likely N-dealkylation sites (N-methyl/N-ethyl adjacent to an activating group) is 1. The van der Waals surface area contributed by atoms with Gasteiger partial charge in [0.05, 0.1) is 0 Å². The fourth-order valence-electron chi connectivity index (χ4n) is 3.27. The van der Waals surface area contributed by atoms with Crippen molar-refractivity contribution in [1.29, 1.82) is 0 Å². The predicted octanol–water partition coefficient (Wildman–Crippen LogP) is 2.07. The van der Waals surface area contributed by atoms with E-state index in [0.717, 1.165) is 16.9 Å². The molecule has 6 heteroatoms.